The highest BCUT2D eigenvalue weighted by Gasteiger charge is 2.34. The third-order valence-electron chi connectivity index (χ3n) is 5.91. The molecule has 0 aromatic carbocycles. The molecule has 4 rings (SSSR count). The largest absolute Gasteiger partial charge is 0.311 e. The number of sulfonamides is 1. The number of amides is 1. The number of carbonyl (C=O) groups excluding carboxylic acids is 1. The van der Waals surface area contributed by atoms with E-state index in [1.807, 2.05) is 23.7 Å². The molecule has 1 saturated carbocycles. The second kappa shape index (κ2) is 8.57. The Morgan fingerprint density at radius 3 is 2.66 bits per heavy atom. The van der Waals surface area contributed by atoms with Crippen molar-refractivity contribution in [2.45, 2.75) is 62.1 Å². The van der Waals surface area contributed by atoms with Gasteiger partial charge in [0.1, 0.15) is 10.0 Å². The van der Waals surface area contributed by atoms with E-state index in [1.54, 1.807) is 12.3 Å². The average molecular weight is 437 g/mol. The van der Waals surface area contributed by atoms with Gasteiger partial charge < -0.3 is 5.32 Å². The maximum absolute atomic E-state index is 12.9. The maximum atomic E-state index is 12.9. The van der Waals surface area contributed by atoms with Crippen molar-refractivity contribution in [2.75, 3.05) is 18.4 Å². The minimum Gasteiger partial charge on any atom is -0.311 e. The molecule has 1 N–H and O–H groups in total. The molecule has 9 heteroatoms. The first kappa shape index (κ1) is 20.6. The molecule has 1 aliphatic heterocycles. The molecule has 29 heavy (non-hydrogen) atoms. The van der Waals surface area contributed by atoms with Gasteiger partial charge in [-0.25, -0.2) is 13.1 Å². The minimum absolute atomic E-state index is 0.121. The molecule has 1 saturated heterocycles. The van der Waals surface area contributed by atoms with Gasteiger partial charge in [0, 0.05) is 24.0 Å². The van der Waals surface area contributed by atoms with Gasteiger partial charge >= 0.3 is 0 Å². The first-order chi connectivity index (χ1) is 13.9. The van der Waals surface area contributed by atoms with E-state index in [0.29, 0.717) is 29.6 Å². The van der Waals surface area contributed by atoms with Crippen LogP contribution in [0.2, 0.25) is 0 Å². The molecular formula is C20H28N4O3S2. The topological polar surface area (TPSA) is 84.3 Å². The van der Waals surface area contributed by atoms with Crippen LogP contribution in [0.1, 0.15) is 55.9 Å². The zero-order chi connectivity index (χ0) is 20.4. The number of piperidine rings is 1. The third-order valence-corrected chi connectivity index (χ3v) is 9.24. The summed E-state index contributed by atoms with van der Waals surface area (Å²) < 4.78 is 29.6. The van der Waals surface area contributed by atoms with Crippen LogP contribution in [0, 0.1) is 12.8 Å². The predicted molar refractivity (Wildman–Crippen MR) is 114 cm³/mol. The lowest BCUT2D eigenvalue weighted by Crippen LogP contribution is -2.43. The Morgan fingerprint density at radius 1 is 1.14 bits per heavy atom. The van der Waals surface area contributed by atoms with Crippen LogP contribution in [0.5, 0.6) is 0 Å². The predicted octanol–water partition coefficient (Wildman–Crippen LogP) is 3.80. The van der Waals surface area contributed by atoms with Crippen LogP contribution in [0.4, 0.5) is 5.82 Å². The second-order valence-corrected chi connectivity index (χ2v) is 11.5. The van der Waals surface area contributed by atoms with Crippen molar-refractivity contribution in [1.82, 2.24) is 14.1 Å². The van der Waals surface area contributed by atoms with Crippen molar-refractivity contribution in [1.29, 1.82) is 0 Å². The van der Waals surface area contributed by atoms with Crippen LogP contribution < -0.4 is 5.32 Å². The standard InChI is InChI=1S/C20H28N4O3S2/c1-15-9-10-19(28-15)29(26,27)23-13-5-6-16(14-23)20(25)22-18-11-12-21-24(18)17-7-3-2-4-8-17/h9-12,16-17H,2-8,13-14H2,1H3,(H,22,25). The lowest BCUT2D eigenvalue weighted by atomic mass is 9.95. The Balaban J connectivity index is 1.44. The second-order valence-electron chi connectivity index (χ2n) is 8.01. The van der Waals surface area contributed by atoms with E-state index >= 15 is 0 Å². The van der Waals surface area contributed by atoms with Crippen LogP contribution in [0.3, 0.4) is 0 Å². The highest BCUT2D eigenvalue weighted by Crippen LogP contribution is 2.31. The summed E-state index contributed by atoms with van der Waals surface area (Å²) >= 11 is 1.28. The van der Waals surface area contributed by atoms with Crippen LogP contribution in [-0.2, 0) is 14.8 Å². The Kier molecular flexibility index (Phi) is 6.08. The maximum Gasteiger partial charge on any atom is 0.252 e. The number of aryl methyl sites for hydroxylation is 1. The van der Waals surface area contributed by atoms with Crippen molar-refractivity contribution in [3.05, 3.63) is 29.3 Å². The zero-order valence-electron chi connectivity index (χ0n) is 16.7. The van der Waals surface area contributed by atoms with Gasteiger partial charge in [-0.15, -0.1) is 11.3 Å². The van der Waals surface area contributed by atoms with Gasteiger partial charge in [0.25, 0.3) is 10.0 Å². The number of rotatable bonds is 5. The Labute approximate surface area is 176 Å². The first-order valence-corrected chi connectivity index (χ1v) is 12.6. The summed E-state index contributed by atoms with van der Waals surface area (Å²) in [7, 11) is -3.54. The summed E-state index contributed by atoms with van der Waals surface area (Å²) in [5, 5.41) is 7.45. The highest BCUT2D eigenvalue weighted by molar-refractivity contribution is 7.91. The van der Waals surface area contributed by atoms with Crippen LogP contribution in [0.15, 0.2) is 28.6 Å². The summed E-state index contributed by atoms with van der Waals surface area (Å²) in [5.41, 5.74) is 0. The van der Waals surface area contributed by atoms with Gasteiger partial charge in [0.15, 0.2) is 0 Å². The fourth-order valence-electron chi connectivity index (χ4n) is 4.31. The average Bonchev–Trinajstić information content (AvgIpc) is 3.38. The van der Waals surface area contributed by atoms with Crippen molar-refractivity contribution >= 4 is 33.1 Å². The Bertz CT molecular complexity index is 960. The molecule has 158 valence electrons. The van der Waals surface area contributed by atoms with E-state index in [0.717, 1.165) is 23.5 Å². The fraction of sp³-hybridized carbons (Fsp3) is 0.600. The molecule has 3 heterocycles. The first-order valence-electron chi connectivity index (χ1n) is 10.4. The molecule has 1 aliphatic carbocycles. The quantitative estimate of drug-likeness (QED) is 0.773. The van der Waals surface area contributed by atoms with Gasteiger partial charge in [-0.2, -0.15) is 9.40 Å². The zero-order valence-corrected chi connectivity index (χ0v) is 18.3. The number of carbonyl (C=O) groups is 1. The lowest BCUT2D eigenvalue weighted by molar-refractivity contribution is -0.120. The van der Waals surface area contributed by atoms with E-state index < -0.39 is 10.0 Å². The fourth-order valence-corrected chi connectivity index (χ4v) is 7.27. The molecule has 2 aromatic rings. The lowest BCUT2D eigenvalue weighted by Gasteiger charge is -2.31. The number of nitrogens with zero attached hydrogens (tertiary/aromatic N) is 3. The molecule has 0 spiro atoms. The normalized spacial score (nSPS) is 21.9. The number of hydrogen-bond acceptors (Lipinski definition) is 5. The number of thiophene rings is 1. The van der Waals surface area contributed by atoms with Crippen molar-refractivity contribution in [3.63, 3.8) is 0 Å². The van der Waals surface area contributed by atoms with E-state index in [1.165, 1.54) is 34.9 Å². The number of hydrogen-bond donors (Lipinski definition) is 1. The molecule has 0 bridgehead atoms. The molecule has 1 unspecified atom stereocenters. The molecule has 1 atom stereocenters. The number of anilines is 1. The molecule has 0 radical (unpaired) electrons. The van der Waals surface area contributed by atoms with Gasteiger partial charge in [0.2, 0.25) is 5.91 Å². The SMILES string of the molecule is Cc1ccc(S(=O)(=O)N2CCCC(C(=O)Nc3ccnn3C3CCCCC3)C2)s1. The molecule has 2 aromatic heterocycles. The molecule has 2 fully saturated rings. The van der Waals surface area contributed by atoms with Crippen molar-refractivity contribution in [3.8, 4) is 0 Å². The number of aromatic nitrogens is 2. The third kappa shape index (κ3) is 4.41. The summed E-state index contributed by atoms with van der Waals surface area (Å²) in [6.07, 6.45) is 8.91. The van der Waals surface area contributed by atoms with Crippen LogP contribution >= 0.6 is 11.3 Å². The van der Waals surface area contributed by atoms with E-state index in [4.69, 9.17) is 0 Å². The summed E-state index contributed by atoms with van der Waals surface area (Å²) in [6.45, 7) is 2.58. The monoisotopic (exact) mass is 436 g/mol. The summed E-state index contributed by atoms with van der Waals surface area (Å²) in [5.74, 6) is 0.245. The Hall–Kier alpha value is -1.71. The number of nitrogens with one attached hydrogen (secondary N) is 1. The highest BCUT2D eigenvalue weighted by atomic mass is 32.2. The summed E-state index contributed by atoms with van der Waals surface area (Å²) in [6, 6.07) is 5.64. The van der Waals surface area contributed by atoms with E-state index in [9.17, 15) is 13.2 Å². The van der Waals surface area contributed by atoms with Gasteiger partial charge in [-0.3, -0.25) is 4.79 Å². The van der Waals surface area contributed by atoms with Gasteiger partial charge in [-0.05, 0) is 44.7 Å². The van der Waals surface area contributed by atoms with Gasteiger partial charge in [0.05, 0.1) is 18.2 Å². The van der Waals surface area contributed by atoms with Crippen LogP contribution in [-0.4, -0.2) is 41.5 Å². The molecular weight excluding hydrogens is 408 g/mol. The Morgan fingerprint density at radius 2 is 1.93 bits per heavy atom. The van der Waals surface area contributed by atoms with Crippen LogP contribution in [0.25, 0.3) is 0 Å². The van der Waals surface area contributed by atoms with E-state index in [2.05, 4.69) is 10.4 Å². The van der Waals surface area contributed by atoms with Crippen molar-refractivity contribution in [2.24, 2.45) is 5.92 Å². The molecule has 2 aliphatic rings. The van der Waals surface area contributed by atoms with Crippen molar-refractivity contribution < 1.29 is 13.2 Å². The molecule has 7 nitrogen and oxygen atoms in total. The minimum atomic E-state index is -3.54. The smallest absolute Gasteiger partial charge is 0.252 e. The van der Waals surface area contributed by atoms with E-state index in [-0.39, 0.29) is 18.4 Å². The molecule has 1 amide bonds. The van der Waals surface area contributed by atoms with Gasteiger partial charge in [-0.1, -0.05) is 19.3 Å². The summed E-state index contributed by atoms with van der Waals surface area (Å²) in [4.78, 5) is 13.9.